The van der Waals surface area contributed by atoms with E-state index in [0.29, 0.717) is 16.1 Å². The number of halogens is 4. The number of carbonyl (C=O) groups excluding carboxylic acids is 1. The Balaban J connectivity index is 1.94. The molecule has 0 radical (unpaired) electrons. The zero-order valence-electron chi connectivity index (χ0n) is 14.9. The highest BCUT2D eigenvalue weighted by molar-refractivity contribution is 6.31. The van der Waals surface area contributed by atoms with Crippen molar-refractivity contribution in [1.29, 1.82) is 0 Å². The first-order chi connectivity index (χ1) is 13.2. The fraction of sp³-hybridized carbons (Fsp3) is 0.211. The highest BCUT2D eigenvalue weighted by Crippen LogP contribution is 2.33. The van der Waals surface area contributed by atoms with Crippen LogP contribution in [-0.2, 0) is 19.6 Å². The van der Waals surface area contributed by atoms with E-state index in [4.69, 9.17) is 16.3 Å². The summed E-state index contributed by atoms with van der Waals surface area (Å²) in [6.45, 7) is 0. The second-order valence-corrected chi connectivity index (χ2v) is 6.41. The van der Waals surface area contributed by atoms with E-state index in [9.17, 15) is 18.0 Å². The third kappa shape index (κ3) is 4.01. The molecule has 3 aromatic rings. The van der Waals surface area contributed by atoms with Gasteiger partial charge in [-0.15, -0.1) is 0 Å². The lowest BCUT2D eigenvalue weighted by atomic mass is 10.0. The molecule has 0 aliphatic rings. The number of aromatic nitrogens is 3. The molecular weight excluding hydrogens is 395 g/mol. The van der Waals surface area contributed by atoms with Gasteiger partial charge in [0, 0.05) is 30.3 Å². The SMILES string of the molecule is COc1cc(-c2cc(C(F)(F)F)nn2C)cnc1C(=O)Cc1ccccc1Cl. The molecule has 0 fully saturated rings. The fourth-order valence-electron chi connectivity index (χ4n) is 2.72. The van der Waals surface area contributed by atoms with Gasteiger partial charge in [0.05, 0.1) is 12.8 Å². The average Bonchev–Trinajstić information content (AvgIpc) is 3.05. The number of hydrogen-bond acceptors (Lipinski definition) is 4. The largest absolute Gasteiger partial charge is 0.494 e. The topological polar surface area (TPSA) is 57.0 Å². The van der Waals surface area contributed by atoms with Crippen LogP contribution in [0, 0.1) is 0 Å². The van der Waals surface area contributed by atoms with Crippen LogP contribution in [0.25, 0.3) is 11.3 Å². The molecule has 1 aromatic carbocycles. The quantitative estimate of drug-likeness (QED) is 0.578. The molecule has 2 heterocycles. The van der Waals surface area contributed by atoms with Crippen LogP contribution in [0.1, 0.15) is 21.7 Å². The molecule has 0 spiro atoms. The molecule has 0 aliphatic carbocycles. The Bertz CT molecular complexity index is 1030. The maximum atomic E-state index is 12.9. The van der Waals surface area contributed by atoms with Crippen LogP contribution in [0.5, 0.6) is 5.75 Å². The average molecular weight is 410 g/mol. The first kappa shape index (κ1) is 19.9. The monoisotopic (exact) mass is 409 g/mol. The van der Waals surface area contributed by atoms with E-state index in [1.54, 1.807) is 24.3 Å². The van der Waals surface area contributed by atoms with Gasteiger partial charge < -0.3 is 4.74 Å². The lowest BCUT2D eigenvalue weighted by molar-refractivity contribution is -0.141. The number of ketones is 1. The van der Waals surface area contributed by atoms with E-state index in [1.165, 1.54) is 26.4 Å². The van der Waals surface area contributed by atoms with Crippen molar-refractivity contribution in [2.24, 2.45) is 7.05 Å². The smallest absolute Gasteiger partial charge is 0.435 e. The van der Waals surface area contributed by atoms with Crippen LogP contribution < -0.4 is 4.74 Å². The van der Waals surface area contributed by atoms with Gasteiger partial charge in [-0.1, -0.05) is 29.8 Å². The van der Waals surface area contributed by atoms with Gasteiger partial charge in [-0.2, -0.15) is 18.3 Å². The summed E-state index contributed by atoms with van der Waals surface area (Å²) in [5.74, 6) is -0.165. The third-order valence-electron chi connectivity index (χ3n) is 4.11. The van der Waals surface area contributed by atoms with E-state index >= 15 is 0 Å². The Labute approximate surface area is 163 Å². The zero-order chi connectivity index (χ0) is 20.5. The predicted molar refractivity (Wildman–Crippen MR) is 97.5 cm³/mol. The molecule has 2 aromatic heterocycles. The summed E-state index contributed by atoms with van der Waals surface area (Å²) in [5, 5.41) is 3.94. The molecule has 0 amide bonds. The predicted octanol–water partition coefficient (Wildman–Crippen LogP) is 4.59. The third-order valence-corrected chi connectivity index (χ3v) is 4.48. The number of hydrogen-bond donors (Lipinski definition) is 0. The molecule has 0 unspecified atom stereocenters. The van der Waals surface area contributed by atoms with Crippen LogP contribution in [0.15, 0.2) is 42.6 Å². The summed E-state index contributed by atoms with van der Waals surface area (Å²) in [6.07, 6.45) is -3.22. The van der Waals surface area contributed by atoms with Crippen LogP contribution in [0.2, 0.25) is 5.02 Å². The van der Waals surface area contributed by atoms with Crippen LogP contribution in [0.4, 0.5) is 13.2 Å². The van der Waals surface area contributed by atoms with Crippen LogP contribution in [-0.4, -0.2) is 27.7 Å². The van der Waals surface area contributed by atoms with E-state index in [1.807, 2.05) is 0 Å². The van der Waals surface area contributed by atoms with E-state index in [-0.39, 0.29) is 29.3 Å². The van der Waals surface area contributed by atoms with Gasteiger partial charge in [-0.25, -0.2) is 4.98 Å². The maximum absolute atomic E-state index is 12.9. The maximum Gasteiger partial charge on any atom is 0.435 e. The molecule has 0 saturated carbocycles. The van der Waals surface area contributed by atoms with Crippen molar-refractivity contribution < 1.29 is 22.7 Å². The number of methoxy groups -OCH3 is 1. The second-order valence-electron chi connectivity index (χ2n) is 6.00. The van der Waals surface area contributed by atoms with Gasteiger partial charge in [0.15, 0.2) is 11.5 Å². The highest BCUT2D eigenvalue weighted by Gasteiger charge is 2.34. The zero-order valence-corrected chi connectivity index (χ0v) is 15.7. The number of Topliss-reactive ketones (excluding diaryl/α,β-unsaturated/α-hetero) is 1. The first-order valence-corrected chi connectivity index (χ1v) is 8.50. The minimum atomic E-state index is -4.56. The van der Waals surface area contributed by atoms with E-state index in [0.717, 1.165) is 10.7 Å². The second kappa shape index (κ2) is 7.63. The molecule has 0 saturated heterocycles. The molecule has 0 aliphatic heterocycles. The standard InChI is InChI=1S/C19H15ClF3N3O2/c1-26-14(9-17(25-26)19(21,22)23)12-8-16(28-2)18(24-10-12)15(27)7-11-5-3-4-6-13(11)20/h3-6,8-10H,7H2,1-2H3. The fourth-order valence-corrected chi connectivity index (χ4v) is 2.93. The number of pyridine rings is 1. The summed E-state index contributed by atoms with van der Waals surface area (Å²) in [6, 6.07) is 9.32. The number of nitrogens with zero attached hydrogens (tertiary/aromatic N) is 3. The van der Waals surface area contributed by atoms with E-state index < -0.39 is 11.9 Å². The molecular formula is C19H15ClF3N3O2. The van der Waals surface area contributed by atoms with Gasteiger partial charge in [-0.3, -0.25) is 9.48 Å². The number of aryl methyl sites for hydroxylation is 1. The van der Waals surface area contributed by atoms with E-state index in [2.05, 4.69) is 10.1 Å². The Morgan fingerprint density at radius 2 is 1.96 bits per heavy atom. The highest BCUT2D eigenvalue weighted by atomic mass is 35.5. The number of rotatable bonds is 5. The number of carbonyl (C=O) groups is 1. The van der Waals surface area contributed by atoms with Crippen molar-refractivity contribution in [1.82, 2.24) is 14.8 Å². The van der Waals surface area contributed by atoms with Crippen LogP contribution in [0.3, 0.4) is 0 Å². The van der Waals surface area contributed by atoms with Crippen molar-refractivity contribution in [3.05, 3.63) is 64.6 Å². The van der Waals surface area contributed by atoms with Gasteiger partial charge in [0.2, 0.25) is 0 Å². The molecule has 146 valence electrons. The number of benzene rings is 1. The molecule has 0 atom stereocenters. The van der Waals surface area contributed by atoms with Crippen molar-refractivity contribution >= 4 is 17.4 Å². The van der Waals surface area contributed by atoms with Gasteiger partial charge >= 0.3 is 6.18 Å². The normalized spacial score (nSPS) is 11.5. The molecule has 28 heavy (non-hydrogen) atoms. The Morgan fingerprint density at radius 3 is 2.57 bits per heavy atom. The molecule has 0 N–H and O–H groups in total. The lowest BCUT2D eigenvalue weighted by Gasteiger charge is -2.10. The Morgan fingerprint density at radius 1 is 1.25 bits per heavy atom. The summed E-state index contributed by atoms with van der Waals surface area (Å²) in [7, 11) is 2.75. The number of alkyl halides is 3. The summed E-state index contributed by atoms with van der Waals surface area (Å²) in [5.41, 5.74) is 0.246. The van der Waals surface area contributed by atoms with Crippen molar-refractivity contribution in [3.8, 4) is 17.0 Å². The minimum absolute atomic E-state index is 0.0202. The first-order valence-electron chi connectivity index (χ1n) is 8.13. The summed E-state index contributed by atoms with van der Waals surface area (Å²) < 4.78 is 45.0. The van der Waals surface area contributed by atoms with Gasteiger partial charge in [0.1, 0.15) is 11.4 Å². The number of ether oxygens (including phenoxy) is 1. The summed E-state index contributed by atoms with van der Waals surface area (Å²) in [4.78, 5) is 16.8. The molecule has 3 rings (SSSR count). The molecule has 5 nitrogen and oxygen atoms in total. The molecule has 0 bridgehead atoms. The van der Waals surface area contributed by atoms with Crippen LogP contribution >= 0.6 is 11.6 Å². The summed E-state index contributed by atoms with van der Waals surface area (Å²) >= 11 is 6.09. The Hall–Kier alpha value is -2.87. The van der Waals surface area contributed by atoms with Gasteiger partial charge in [0.25, 0.3) is 0 Å². The lowest BCUT2D eigenvalue weighted by Crippen LogP contribution is -2.09. The Kier molecular flexibility index (Phi) is 5.42. The van der Waals surface area contributed by atoms with Crippen molar-refractivity contribution in [3.63, 3.8) is 0 Å². The molecule has 9 heteroatoms. The van der Waals surface area contributed by atoms with Crippen molar-refractivity contribution in [2.45, 2.75) is 12.6 Å². The van der Waals surface area contributed by atoms with Crippen molar-refractivity contribution in [2.75, 3.05) is 7.11 Å². The minimum Gasteiger partial charge on any atom is -0.494 e. The van der Waals surface area contributed by atoms with Gasteiger partial charge in [-0.05, 0) is 23.8 Å².